The van der Waals surface area contributed by atoms with Crippen LogP contribution in [0.15, 0.2) is 41.4 Å². The number of benzene rings is 2. The molecule has 0 spiro atoms. The third-order valence-corrected chi connectivity index (χ3v) is 6.50. The zero-order valence-electron chi connectivity index (χ0n) is 18.5. The first-order chi connectivity index (χ1) is 15.7. The van der Waals surface area contributed by atoms with Gasteiger partial charge in [0.1, 0.15) is 11.0 Å². The number of amidine groups is 1. The van der Waals surface area contributed by atoms with Crippen LogP contribution in [0.4, 0.5) is 17.1 Å². The SMILES string of the molecule is COc1cc([N+](=O)[O-])ccc1NC(=O)CC1SC(=Nc2cc(C)cc(C)c2)N(C2CC2)C1=O. The second-order valence-electron chi connectivity index (χ2n) is 8.18. The third kappa shape index (κ3) is 5.16. The molecule has 2 aromatic rings. The Morgan fingerprint density at radius 3 is 2.55 bits per heavy atom. The number of carbonyl (C=O) groups excluding carboxylic acids is 2. The monoisotopic (exact) mass is 468 g/mol. The van der Waals surface area contributed by atoms with Gasteiger partial charge in [0, 0.05) is 18.5 Å². The lowest BCUT2D eigenvalue weighted by atomic mass is 10.1. The van der Waals surface area contributed by atoms with Crippen LogP contribution in [0.2, 0.25) is 0 Å². The molecule has 9 nitrogen and oxygen atoms in total. The number of aliphatic imine (C=N–C) groups is 1. The number of amides is 2. The maximum absolute atomic E-state index is 13.1. The first-order valence-corrected chi connectivity index (χ1v) is 11.4. The van der Waals surface area contributed by atoms with Gasteiger partial charge in [0.25, 0.3) is 5.69 Å². The van der Waals surface area contributed by atoms with Gasteiger partial charge in [-0.25, -0.2) is 4.99 Å². The molecule has 1 aliphatic heterocycles. The van der Waals surface area contributed by atoms with Gasteiger partial charge in [-0.05, 0) is 56.0 Å². The minimum atomic E-state index is -0.584. The number of rotatable bonds is 7. The van der Waals surface area contributed by atoms with Gasteiger partial charge in [0.15, 0.2) is 5.17 Å². The smallest absolute Gasteiger partial charge is 0.273 e. The predicted molar refractivity (Wildman–Crippen MR) is 127 cm³/mol. The van der Waals surface area contributed by atoms with E-state index in [9.17, 15) is 19.7 Å². The summed E-state index contributed by atoms with van der Waals surface area (Å²) >= 11 is 1.30. The van der Waals surface area contributed by atoms with Gasteiger partial charge < -0.3 is 10.1 Å². The lowest BCUT2D eigenvalue weighted by Crippen LogP contribution is -2.35. The molecule has 1 saturated heterocycles. The number of nitrogens with one attached hydrogen (secondary N) is 1. The van der Waals surface area contributed by atoms with E-state index in [4.69, 9.17) is 9.73 Å². The zero-order valence-corrected chi connectivity index (χ0v) is 19.3. The summed E-state index contributed by atoms with van der Waals surface area (Å²) < 4.78 is 5.17. The number of nitro benzene ring substituents is 1. The zero-order chi connectivity index (χ0) is 23.7. The average Bonchev–Trinajstić information content (AvgIpc) is 3.53. The number of methoxy groups -OCH3 is 1. The molecule has 0 radical (unpaired) electrons. The van der Waals surface area contributed by atoms with Crippen molar-refractivity contribution < 1.29 is 19.2 Å². The van der Waals surface area contributed by atoms with Crippen LogP contribution in [0.25, 0.3) is 0 Å². The summed E-state index contributed by atoms with van der Waals surface area (Å²) in [6, 6.07) is 10.1. The molecule has 1 heterocycles. The summed E-state index contributed by atoms with van der Waals surface area (Å²) in [5, 5.41) is 13.7. The van der Waals surface area contributed by atoms with E-state index in [-0.39, 0.29) is 35.7 Å². The van der Waals surface area contributed by atoms with Crippen LogP contribution in [0.5, 0.6) is 5.75 Å². The van der Waals surface area contributed by atoms with Gasteiger partial charge in [-0.2, -0.15) is 0 Å². The third-order valence-electron chi connectivity index (χ3n) is 5.35. The molecule has 1 N–H and O–H groups in total. The van der Waals surface area contributed by atoms with Crippen molar-refractivity contribution in [2.45, 2.75) is 44.4 Å². The van der Waals surface area contributed by atoms with Crippen LogP contribution in [-0.4, -0.2) is 45.2 Å². The highest BCUT2D eigenvalue weighted by Gasteiger charge is 2.46. The van der Waals surface area contributed by atoms with E-state index in [1.807, 2.05) is 26.0 Å². The van der Waals surface area contributed by atoms with E-state index >= 15 is 0 Å². The van der Waals surface area contributed by atoms with Gasteiger partial charge in [-0.15, -0.1) is 0 Å². The van der Waals surface area contributed by atoms with Crippen molar-refractivity contribution in [1.82, 2.24) is 4.90 Å². The second-order valence-corrected chi connectivity index (χ2v) is 9.35. The number of aryl methyl sites for hydroxylation is 2. The Morgan fingerprint density at radius 2 is 1.94 bits per heavy atom. The Hall–Kier alpha value is -3.40. The average molecular weight is 469 g/mol. The fourth-order valence-corrected chi connectivity index (χ4v) is 4.97. The van der Waals surface area contributed by atoms with Crippen molar-refractivity contribution in [2.24, 2.45) is 4.99 Å². The maximum atomic E-state index is 13.1. The summed E-state index contributed by atoms with van der Waals surface area (Å²) in [5.41, 5.74) is 3.14. The first-order valence-electron chi connectivity index (χ1n) is 10.5. The van der Waals surface area contributed by atoms with Crippen LogP contribution in [0, 0.1) is 24.0 Å². The van der Waals surface area contributed by atoms with Crippen molar-refractivity contribution in [3.05, 3.63) is 57.6 Å². The van der Waals surface area contributed by atoms with Crippen molar-refractivity contribution in [3.63, 3.8) is 0 Å². The van der Waals surface area contributed by atoms with Crippen LogP contribution in [0.3, 0.4) is 0 Å². The minimum absolute atomic E-state index is 0.0429. The van der Waals surface area contributed by atoms with E-state index < -0.39 is 10.2 Å². The highest BCUT2D eigenvalue weighted by Crippen LogP contribution is 2.40. The Bertz CT molecular complexity index is 1140. The summed E-state index contributed by atoms with van der Waals surface area (Å²) in [6.45, 7) is 4.00. The predicted octanol–water partition coefficient (Wildman–Crippen LogP) is 4.34. The molecular formula is C23H24N4O5S. The molecule has 2 aliphatic rings. The lowest BCUT2D eigenvalue weighted by molar-refractivity contribution is -0.384. The van der Waals surface area contributed by atoms with Crippen LogP contribution >= 0.6 is 11.8 Å². The Kier molecular flexibility index (Phi) is 6.37. The number of ether oxygens (including phenoxy) is 1. The number of non-ortho nitro benzene ring substituents is 1. The van der Waals surface area contributed by atoms with Gasteiger partial charge >= 0.3 is 0 Å². The molecule has 0 aromatic heterocycles. The van der Waals surface area contributed by atoms with Crippen LogP contribution in [-0.2, 0) is 9.59 Å². The quantitative estimate of drug-likeness (QED) is 0.477. The maximum Gasteiger partial charge on any atom is 0.273 e. The standard InChI is InChI=1S/C23H24N4O5S/c1-13-8-14(2)10-15(9-13)24-23-26(16-4-5-16)22(29)20(33-23)12-21(28)25-18-7-6-17(27(30)31)11-19(18)32-3/h6-11,16,20H,4-5,12H2,1-3H3,(H,25,28). The van der Waals surface area contributed by atoms with Crippen molar-refractivity contribution in [1.29, 1.82) is 0 Å². The molecule has 2 aromatic carbocycles. The van der Waals surface area contributed by atoms with Crippen molar-refractivity contribution in [2.75, 3.05) is 12.4 Å². The molecule has 1 saturated carbocycles. The minimum Gasteiger partial charge on any atom is -0.494 e. The summed E-state index contributed by atoms with van der Waals surface area (Å²) in [7, 11) is 1.37. The van der Waals surface area contributed by atoms with Gasteiger partial charge in [-0.1, -0.05) is 17.8 Å². The Labute approximate surface area is 195 Å². The number of thioether (sulfide) groups is 1. The fraction of sp³-hybridized carbons (Fsp3) is 0.348. The summed E-state index contributed by atoms with van der Waals surface area (Å²) in [6.07, 6.45) is 1.81. The Morgan fingerprint density at radius 1 is 1.24 bits per heavy atom. The highest BCUT2D eigenvalue weighted by molar-refractivity contribution is 8.15. The van der Waals surface area contributed by atoms with Gasteiger partial charge in [0.05, 0.1) is 29.5 Å². The molecule has 172 valence electrons. The van der Waals surface area contributed by atoms with Crippen LogP contribution in [0.1, 0.15) is 30.4 Å². The van der Waals surface area contributed by atoms with E-state index in [1.165, 1.54) is 37.1 Å². The van der Waals surface area contributed by atoms with E-state index in [1.54, 1.807) is 4.90 Å². The largest absolute Gasteiger partial charge is 0.494 e. The summed E-state index contributed by atoms with van der Waals surface area (Å²) in [4.78, 5) is 42.7. The molecule has 0 bridgehead atoms. The van der Waals surface area contributed by atoms with Gasteiger partial charge in [0.2, 0.25) is 11.8 Å². The van der Waals surface area contributed by atoms with Crippen molar-refractivity contribution >= 4 is 45.8 Å². The van der Waals surface area contributed by atoms with Crippen LogP contribution < -0.4 is 10.1 Å². The molecule has 4 rings (SSSR count). The number of anilines is 1. The number of carbonyl (C=O) groups is 2. The Balaban J connectivity index is 1.50. The molecule has 10 heteroatoms. The number of nitrogens with zero attached hydrogens (tertiary/aromatic N) is 3. The number of nitro groups is 1. The first kappa shape index (κ1) is 22.8. The topological polar surface area (TPSA) is 114 Å². The normalized spacial score (nSPS) is 19.1. The molecule has 33 heavy (non-hydrogen) atoms. The van der Waals surface area contributed by atoms with Crippen molar-refractivity contribution in [3.8, 4) is 5.75 Å². The van der Waals surface area contributed by atoms with Gasteiger partial charge in [-0.3, -0.25) is 24.6 Å². The molecule has 1 atom stereocenters. The number of hydrogen-bond donors (Lipinski definition) is 1. The molecule has 1 unspecified atom stereocenters. The van der Waals surface area contributed by atoms with E-state index in [2.05, 4.69) is 11.4 Å². The number of hydrogen-bond acceptors (Lipinski definition) is 7. The molecular weight excluding hydrogens is 444 g/mol. The summed E-state index contributed by atoms with van der Waals surface area (Å²) in [5.74, 6) is -0.313. The molecule has 2 fully saturated rings. The molecule has 1 aliphatic carbocycles. The fourth-order valence-electron chi connectivity index (χ4n) is 3.75. The molecule has 2 amide bonds. The van der Waals surface area contributed by atoms with E-state index in [0.29, 0.717) is 10.9 Å². The lowest BCUT2D eigenvalue weighted by Gasteiger charge is -2.15. The van der Waals surface area contributed by atoms with E-state index in [0.717, 1.165) is 29.7 Å². The highest BCUT2D eigenvalue weighted by atomic mass is 32.2. The second kappa shape index (κ2) is 9.22.